The number of likely N-dealkylation sites (tertiary alicyclic amines) is 1. The molecule has 0 radical (unpaired) electrons. The third-order valence-electron chi connectivity index (χ3n) is 5.80. The van der Waals surface area contributed by atoms with Gasteiger partial charge >= 0.3 is 0 Å². The molecule has 20 heavy (non-hydrogen) atoms. The number of aliphatic hydroxyl groups excluding tert-OH is 1. The highest BCUT2D eigenvalue weighted by Gasteiger charge is 2.64. The summed E-state index contributed by atoms with van der Waals surface area (Å²) in [5.74, 6) is 0.667. The number of rotatable bonds is 4. The number of benzene rings is 1. The van der Waals surface area contributed by atoms with E-state index >= 15 is 0 Å². The minimum absolute atomic E-state index is 0.197. The van der Waals surface area contributed by atoms with Crippen molar-refractivity contribution < 1.29 is 5.11 Å². The van der Waals surface area contributed by atoms with Crippen LogP contribution in [0.5, 0.6) is 0 Å². The predicted molar refractivity (Wildman–Crippen MR) is 82.4 cm³/mol. The topological polar surface area (TPSA) is 23.5 Å². The van der Waals surface area contributed by atoms with E-state index in [-0.39, 0.29) is 5.41 Å². The molecule has 1 aromatic rings. The fraction of sp³-hybridized carbons (Fsp3) is 0.667. The van der Waals surface area contributed by atoms with Crippen molar-refractivity contribution in [3.8, 4) is 0 Å². The molecule has 2 nitrogen and oxygen atoms in total. The first-order chi connectivity index (χ1) is 9.57. The lowest BCUT2D eigenvalue weighted by atomic mass is 9.78. The molecule has 1 saturated carbocycles. The van der Waals surface area contributed by atoms with Crippen molar-refractivity contribution in [3.05, 3.63) is 35.9 Å². The molecule has 1 heterocycles. The van der Waals surface area contributed by atoms with Crippen molar-refractivity contribution >= 4 is 0 Å². The third-order valence-corrected chi connectivity index (χ3v) is 5.80. The van der Waals surface area contributed by atoms with E-state index < -0.39 is 0 Å². The Balaban J connectivity index is 1.66. The van der Waals surface area contributed by atoms with Crippen molar-refractivity contribution in [2.45, 2.75) is 39.7 Å². The van der Waals surface area contributed by atoms with Crippen LogP contribution in [0, 0.1) is 16.7 Å². The molecule has 2 heteroatoms. The van der Waals surface area contributed by atoms with E-state index in [2.05, 4.69) is 49.1 Å². The molecule has 0 aromatic heterocycles. The fourth-order valence-corrected chi connectivity index (χ4v) is 4.33. The smallest absolute Gasteiger partial charge is 0.0495 e. The molecular formula is C18H27NO. The van der Waals surface area contributed by atoms with Gasteiger partial charge in [-0.2, -0.15) is 0 Å². The maximum atomic E-state index is 9.90. The standard InChI is InChI=1S/C18H27NO/c1-17(2)13-18(17,14-20)16-9-6-10-19(12-16)11-15-7-4-3-5-8-15/h3-5,7-8,16,20H,6,9-14H2,1-2H3. The normalized spacial score (nSPS) is 33.0. The zero-order chi connectivity index (χ0) is 14.2. The number of aliphatic hydroxyl groups is 1. The lowest BCUT2D eigenvalue weighted by molar-refractivity contribution is 0.0573. The Bertz CT molecular complexity index is 456. The molecule has 1 aliphatic carbocycles. The van der Waals surface area contributed by atoms with Gasteiger partial charge in [0.1, 0.15) is 0 Å². The maximum absolute atomic E-state index is 9.90. The average molecular weight is 273 g/mol. The summed E-state index contributed by atoms with van der Waals surface area (Å²) >= 11 is 0. The van der Waals surface area contributed by atoms with Crippen LogP contribution in [0.2, 0.25) is 0 Å². The number of hydrogen-bond acceptors (Lipinski definition) is 2. The molecule has 1 saturated heterocycles. The molecule has 2 fully saturated rings. The maximum Gasteiger partial charge on any atom is 0.0495 e. The predicted octanol–water partition coefficient (Wildman–Crippen LogP) is 3.31. The van der Waals surface area contributed by atoms with E-state index in [0.717, 1.165) is 13.1 Å². The third kappa shape index (κ3) is 2.40. The van der Waals surface area contributed by atoms with Crippen LogP contribution in [0.4, 0.5) is 0 Å². The molecule has 0 bridgehead atoms. The van der Waals surface area contributed by atoms with Crippen molar-refractivity contribution in [1.29, 1.82) is 0 Å². The van der Waals surface area contributed by atoms with E-state index in [0.29, 0.717) is 17.9 Å². The molecule has 1 aromatic carbocycles. The Labute approximate surface area is 122 Å². The van der Waals surface area contributed by atoms with Gasteiger partial charge in [-0.3, -0.25) is 4.90 Å². The van der Waals surface area contributed by atoms with Gasteiger partial charge in [-0.15, -0.1) is 0 Å². The van der Waals surface area contributed by atoms with Crippen molar-refractivity contribution in [3.63, 3.8) is 0 Å². The summed E-state index contributed by atoms with van der Waals surface area (Å²) in [4.78, 5) is 2.58. The fourth-order valence-electron chi connectivity index (χ4n) is 4.33. The molecule has 2 atom stereocenters. The van der Waals surface area contributed by atoms with Crippen LogP contribution >= 0.6 is 0 Å². The molecule has 2 unspecified atom stereocenters. The van der Waals surface area contributed by atoms with Crippen LogP contribution in [0.3, 0.4) is 0 Å². The Kier molecular flexibility index (Phi) is 3.64. The van der Waals surface area contributed by atoms with Crippen molar-refractivity contribution in [2.75, 3.05) is 19.7 Å². The monoisotopic (exact) mass is 273 g/mol. The second kappa shape index (κ2) is 5.16. The van der Waals surface area contributed by atoms with E-state index in [1.54, 1.807) is 0 Å². The summed E-state index contributed by atoms with van der Waals surface area (Å²) in [6.07, 6.45) is 3.75. The Hall–Kier alpha value is -0.860. The zero-order valence-electron chi connectivity index (χ0n) is 12.8. The second-order valence-corrected chi connectivity index (χ2v) is 7.43. The Morgan fingerprint density at radius 1 is 1.25 bits per heavy atom. The Morgan fingerprint density at radius 3 is 2.55 bits per heavy atom. The highest BCUT2D eigenvalue weighted by molar-refractivity contribution is 5.16. The van der Waals surface area contributed by atoms with Gasteiger partial charge in [-0.1, -0.05) is 44.2 Å². The van der Waals surface area contributed by atoms with Gasteiger partial charge in [0, 0.05) is 25.1 Å². The highest BCUT2D eigenvalue weighted by Crippen LogP contribution is 2.68. The molecule has 3 rings (SSSR count). The second-order valence-electron chi connectivity index (χ2n) is 7.43. The van der Waals surface area contributed by atoms with Crippen LogP contribution in [-0.2, 0) is 6.54 Å². The van der Waals surface area contributed by atoms with Gasteiger partial charge in [-0.25, -0.2) is 0 Å². The van der Waals surface area contributed by atoms with Gasteiger partial charge in [0.2, 0.25) is 0 Å². The first-order valence-corrected chi connectivity index (χ1v) is 7.94. The van der Waals surface area contributed by atoms with Crippen LogP contribution in [-0.4, -0.2) is 29.7 Å². The first kappa shape index (κ1) is 14.1. The van der Waals surface area contributed by atoms with E-state index in [4.69, 9.17) is 0 Å². The lowest BCUT2D eigenvalue weighted by Gasteiger charge is -2.38. The summed E-state index contributed by atoms with van der Waals surface area (Å²) < 4.78 is 0. The van der Waals surface area contributed by atoms with Crippen molar-refractivity contribution in [2.24, 2.45) is 16.7 Å². The average Bonchev–Trinajstić information content (AvgIpc) is 3.04. The molecule has 0 amide bonds. The van der Waals surface area contributed by atoms with Gasteiger partial charge in [0.05, 0.1) is 0 Å². The molecule has 1 N–H and O–H groups in total. The zero-order valence-corrected chi connectivity index (χ0v) is 12.8. The first-order valence-electron chi connectivity index (χ1n) is 7.94. The summed E-state index contributed by atoms with van der Waals surface area (Å²) in [5, 5.41) is 9.90. The minimum Gasteiger partial charge on any atom is -0.396 e. The molecule has 1 aliphatic heterocycles. The van der Waals surface area contributed by atoms with Crippen LogP contribution in [0.25, 0.3) is 0 Å². The van der Waals surface area contributed by atoms with Gasteiger partial charge in [0.25, 0.3) is 0 Å². The van der Waals surface area contributed by atoms with Crippen LogP contribution in [0.1, 0.15) is 38.7 Å². The van der Waals surface area contributed by atoms with Crippen molar-refractivity contribution in [1.82, 2.24) is 4.90 Å². The van der Waals surface area contributed by atoms with Crippen LogP contribution in [0.15, 0.2) is 30.3 Å². The number of hydrogen-bond donors (Lipinski definition) is 1. The summed E-state index contributed by atoms with van der Waals surface area (Å²) in [7, 11) is 0. The molecule has 2 aliphatic rings. The molecule has 110 valence electrons. The number of nitrogens with zero attached hydrogens (tertiary/aromatic N) is 1. The van der Waals surface area contributed by atoms with Gasteiger partial charge < -0.3 is 5.11 Å². The van der Waals surface area contributed by atoms with E-state index in [1.807, 2.05) is 0 Å². The number of piperidine rings is 1. The summed E-state index contributed by atoms with van der Waals surface area (Å²) in [6, 6.07) is 10.8. The minimum atomic E-state index is 0.197. The van der Waals surface area contributed by atoms with Crippen LogP contribution < -0.4 is 0 Å². The lowest BCUT2D eigenvalue weighted by Crippen LogP contribution is -2.41. The largest absolute Gasteiger partial charge is 0.396 e. The highest BCUT2D eigenvalue weighted by atomic mass is 16.3. The Morgan fingerprint density at radius 2 is 1.95 bits per heavy atom. The van der Waals surface area contributed by atoms with Gasteiger partial charge in [0.15, 0.2) is 0 Å². The van der Waals surface area contributed by atoms with E-state index in [1.165, 1.54) is 31.4 Å². The van der Waals surface area contributed by atoms with Gasteiger partial charge in [-0.05, 0) is 42.7 Å². The summed E-state index contributed by atoms with van der Waals surface area (Å²) in [5.41, 5.74) is 1.94. The molecular weight excluding hydrogens is 246 g/mol. The molecule has 0 spiro atoms. The quantitative estimate of drug-likeness (QED) is 0.910. The summed E-state index contributed by atoms with van der Waals surface area (Å²) in [6.45, 7) is 8.41. The van der Waals surface area contributed by atoms with E-state index in [9.17, 15) is 5.11 Å². The SMILES string of the molecule is CC1(C)CC1(CO)C1CCCN(Cc2ccccc2)C1.